The normalized spacial score (nSPS) is 12.6. The standard InChI is InChI=1S/C55H39F3S/c1-5-19-38-37(7-3)49(35(6-2)33-32-34(4)55(56,57)58)39-22-11-16-27-44(39)52(38)46-29-17-30-47-53-45(28-18-31-48(53)59-54(46)47)51-42-25-14-12-23-40(42)50(36-20-9-8-10-21-36)41-24-13-15-26-43(41)51/h5-33H,3-4H2,1-2H3/b19-5-,33-32-,35-6+. The van der Waals surface area contributed by atoms with E-state index in [-0.39, 0.29) is 0 Å². The molecule has 59 heavy (non-hydrogen) atoms. The first-order valence-electron chi connectivity index (χ1n) is 19.6. The maximum atomic E-state index is 13.6. The van der Waals surface area contributed by atoms with Crippen LogP contribution in [0.3, 0.4) is 0 Å². The van der Waals surface area contributed by atoms with Gasteiger partial charge in [0.2, 0.25) is 0 Å². The fraction of sp³-hybridized carbons (Fsp3) is 0.0545. The Bertz CT molecular complexity index is 3190. The molecule has 0 saturated heterocycles. The van der Waals surface area contributed by atoms with Gasteiger partial charge in [0.25, 0.3) is 0 Å². The van der Waals surface area contributed by atoms with E-state index in [1.54, 1.807) is 11.3 Å². The summed E-state index contributed by atoms with van der Waals surface area (Å²) in [4.78, 5) is 0. The zero-order valence-electron chi connectivity index (χ0n) is 32.7. The summed E-state index contributed by atoms with van der Waals surface area (Å²) in [5.74, 6) is 0. The highest BCUT2D eigenvalue weighted by molar-refractivity contribution is 7.26. The number of benzene rings is 8. The number of hydrogen-bond donors (Lipinski definition) is 0. The van der Waals surface area contributed by atoms with Crippen LogP contribution in [0.4, 0.5) is 13.2 Å². The average Bonchev–Trinajstić information content (AvgIpc) is 3.65. The minimum absolute atomic E-state index is 0.654. The lowest BCUT2D eigenvalue weighted by Gasteiger charge is -2.21. The third-order valence-corrected chi connectivity index (χ3v) is 12.5. The Kier molecular flexibility index (Phi) is 9.74. The Hall–Kier alpha value is -6.75. The van der Waals surface area contributed by atoms with Gasteiger partial charge in [-0.25, -0.2) is 0 Å². The predicted octanol–water partition coefficient (Wildman–Crippen LogP) is 17.3. The van der Waals surface area contributed by atoms with E-state index < -0.39 is 11.7 Å². The maximum absolute atomic E-state index is 13.6. The molecule has 0 bridgehead atoms. The van der Waals surface area contributed by atoms with Crippen molar-refractivity contribution >= 4 is 81.6 Å². The van der Waals surface area contributed by atoms with Crippen LogP contribution in [-0.2, 0) is 0 Å². The van der Waals surface area contributed by atoms with E-state index in [4.69, 9.17) is 0 Å². The van der Waals surface area contributed by atoms with Crippen LogP contribution in [0.25, 0.3) is 104 Å². The van der Waals surface area contributed by atoms with Crippen molar-refractivity contribution in [1.82, 2.24) is 0 Å². The van der Waals surface area contributed by atoms with Crippen LogP contribution in [0, 0.1) is 0 Å². The van der Waals surface area contributed by atoms with E-state index in [1.807, 2.05) is 44.2 Å². The van der Waals surface area contributed by atoms with E-state index >= 15 is 0 Å². The Morgan fingerprint density at radius 3 is 1.69 bits per heavy atom. The van der Waals surface area contributed by atoms with Gasteiger partial charge in [-0.05, 0) is 102 Å². The minimum Gasteiger partial charge on any atom is -0.166 e. The molecule has 0 aliphatic heterocycles. The molecule has 0 atom stereocenters. The lowest BCUT2D eigenvalue weighted by atomic mass is 9.82. The van der Waals surface area contributed by atoms with E-state index in [0.717, 1.165) is 49.4 Å². The van der Waals surface area contributed by atoms with Crippen molar-refractivity contribution in [3.63, 3.8) is 0 Å². The molecule has 0 aliphatic rings. The van der Waals surface area contributed by atoms with Crippen LogP contribution < -0.4 is 0 Å². The molecule has 0 saturated carbocycles. The number of allylic oxidation sites excluding steroid dienone is 6. The first kappa shape index (κ1) is 37.8. The largest absolute Gasteiger partial charge is 0.415 e. The lowest BCUT2D eigenvalue weighted by Crippen LogP contribution is -2.08. The first-order valence-corrected chi connectivity index (χ1v) is 20.4. The molecule has 9 rings (SSSR count). The fourth-order valence-corrected chi connectivity index (χ4v) is 10.1. The molecule has 1 heterocycles. The number of halogens is 3. The smallest absolute Gasteiger partial charge is 0.166 e. The van der Waals surface area contributed by atoms with Gasteiger partial charge in [0.05, 0.1) is 0 Å². The summed E-state index contributed by atoms with van der Waals surface area (Å²) in [7, 11) is 0. The third-order valence-electron chi connectivity index (χ3n) is 11.3. The second-order valence-corrected chi connectivity index (χ2v) is 15.6. The maximum Gasteiger partial charge on any atom is 0.415 e. The lowest BCUT2D eigenvalue weighted by molar-refractivity contribution is -0.0878. The van der Waals surface area contributed by atoms with Gasteiger partial charge in [0.15, 0.2) is 0 Å². The molecule has 1 aromatic heterocycles. The van der Waals surface area contributed by atoms with E-state index in [0.29, 0.717) is 5.57 Å². The van der Waals surface area contributed by atoms with Crippen LogP contribution in [0.1, 0.15) is 30.5 Å². The van der Waals surface area contributed by atoms with Crippen LogP contribution in [0.2, 0.25) is 0 Å². The molecule has 0 spiro atoms. The number of thiophene rings is 1. The molecule has 0 fully saturated rings. The summed E-state index contributed by atoms with van der Waals surface area (Å²) < 4.78 is 43.0. The molecule has 0 aliphatic carbocycles. The Morgan fingerprint density at radius 2 is 1.10 bits per heavy atom. The predicted molar refractivity (Wildman–Crippen MR) is 251 cm³/mol. The molecule has 0 amide bonds. The Balaban J connectivity index is 1.35. The summed E-state index contributed by atoms with van der Waals surface area (Å²) in [6.07, 6.45) is 5.83. The van der Waals surface area contributed by atoms with Gasteiger partial charge < -0.3 is 0 Å². The third kappa shape index (κ3) is 6.32. The number of hydrogen-bond acceptors (Lipinski definition) is 1. The topological polar surface area (TPSA) is 0 Å². The van der Waals surface area contributed by atoms with Crippen molar-refractivity contribution in [3.05, 3.63) is 199 Å². The molecular formula is C55H39F3S. The fourth-order valence-electron chi connectivity index (χ4n) is 8.83. The van der Waals surface area contributed by atoms with Crippen LogP contribution in [0.15, 0.2) is 183 Å². The zero-order chi connectivity index (χ0) is 40.8. The highest BCUT2D eigenvalue weighted by Gasteiger charge is 2.30. The highest BCUT2D eigenvalue weighted by atomic mass is 32.1. The zero-order valence-corrected chi connectivity index (χ0v) is 33.5. The summed E-state index contributed by atoms with van der Waals surface area (Å²) in [5.41, 5.74) is 9.34. The SMILES string of the molecule is C=Cc1c(/C=C\C)c(-c2cccc3c2sc2cccc(-c4c5ccccc5c(-c5ccccc5)c5ccccc45)c23)c2ccccc2c1C(/C=C\C(=C)C(F)(F)F)=C/C. The van der Waals surface area contributed by atoms with Crippen molar-refractivity contribution in [2.24, 2.45) is 0 Å². The number of rotatable bonds is 8. The Morgan fingerprint density at radius 1 is 0.559 bits per heavy atom. The summed E-state index contributed by atoms with van der Waals surface area (Å²) >= 11 is 1.79. The van der Waals surface area contributed by atoms with Crippen molar-refractivity contribution < 1.29 is 13.2 Å². The molecule has 8 aromatic carbocycles. The number of alkyl halides is 3. The van der Waals surface area contributed by atoms with Crippen molar-refractivity contribution in [1.29, 1.82) is 0 Å². The molecule has 0 unspecified atom stereocenters. The van der Waals surface area contributed by atoms with Gasteiger partial charge >= 0.3 is 6.18 Å². The van der Waals surface area contributed by atoms with Crippen LogP contribution in [-0.4, -0.2) is 6.18 Å². The van der Waals surface area contributed by atoms with E-state index in [2.05, 4.69) is 147 Å². The molecule has 4 heteroatoms. The van der Waals surface area contributed by atoms with Gasteiger partial charge in [-0.1, -0.05) is 183 Å². The second kappa shape index (κ2) is 15.2. The quantitative estimate of drug-likeness (QED) is 0.106. The van der Waals surface area contributed by atoms with Gasteiger partial charge in [0, 0.05) is 31.3 Å². The first-order chi connectivity index (χ1) is 28.7. The molecule has 0 N–H and O–H groups in total. The van der Waals surface area contributed by atoms with Crippen molar-refractivity contribution in [3.8, 4) is 33.4 Å². The summed E-state index contributed by atoms with van der Waals surface area (Å²) in [5, 5.41) is 9.13. The molecule has 0 radical (unpaired) electrons. The summed E-state index contributed by atoms with van der Waals surface area (Å²) in [6, 6.07) is 49.6. The van der Waals surface area contributed by atoms with Gasteiger partial charge in [-0.3, -0.25) is 0 Å². The van der Waals surface area contributed by atoms with E-state index in [1.165, 1.54) is 65.3 Å². The van der Waals surface area contributed by atoms with Crippen LogP contribution in [0.5, 0.6) is 0 Å². The monoisotopic (exact) mass is 788 g/mol. The van der Waals surface area contributed by atoms with Crippen LogP contribution >= 0.6 is 11.3 Å². The average molecular weight is 789 g/mol. The molecule has 286 valence electrons. The van der Waals surface area contributed by atoms with Crippen molar-refractivity contribution in [2.45, 2.75) is 20.0 Å². The second-order valence-electron chi connectivity index (χ2n) is 14.6. The Labute approximate surface area is 345 Å². The van der Waals surface area contributed by atoms with Crippen molar-refractivity contribution in [2.75, 3.05) is 0 Å². The highest BCUT2D eigenvalue weighted by Crippen LogP contribution is 2.51. The molecule has 9 aromatic rings. The minimum atomic E-state index is -4.52. The van der Waals surface area contributed by atoms with Gasteiger partial charge in [-0.15, -0.1) is 11.3 Å². The molecular weight excluding hydrogens is 750 g/mol. The van der Waals surface area contributed by atoms with Gasteiger partial charge in [-0.2, -0.15) is 13.2 Å². The summed E-state index contributed by atoms with van der Waals surface area (Å²) in [6.45, 7) is 11.4. The molecule has 0 nitrogen and oxygen atoms in total. The van der Waals surface area contributed by atoms with E-state index in [9.17, 15) is 13.2 Å². The number of fused-ring (bicyclic) bond motifs is 6. The van der Waals surface area contributed by atoms with Gasteiger partial charge in [0.1, 0.15) is 0 Å².